The molecule has 126 valence electrons. The van der Waals surface area contributed by atoms with E-state index in [1.807, 2.05) is 24.3 Å². The van der Waals surface area contributed by atoms with Gasteiger partial charge in [0.15, 0.2) is 0 Å². The number of benzene rings is 1. The van der Waals surface area contributed by atoms with Crippen LogP contribution < -0.4 is 10.1 Å². The zero-order valence-corrected chi connectivity index (χ0v) is 13.3. The van der Waals surface area contributed by atoms with Gasteiger partial charge in [0.1, 0.15) is 11.8 Å². The molecule has 1 heterocycles. The number of rotatable bonds is 6. The lowest BCUT2D eigenvalue weighted by atomic mass is 10.2. The molecular formula is C16H22N2O5. The predicted molar refractivity (Wildman–Crippen MR) is 82.8 cm³/mol. The summed E-state index contributed by atoms with van der Waals surface area (Å²) in [4.78, 5) is 25.4. The summed E-state index contributed by atoms with van der Waals surface area (Å²) >= 11 is 0. The van der Waals surface area contributed by atoms with E-state index in [1.54, 1.807) is 12.0 Å². The standard InChI is InChI=1S/C16H22N2O5/c1-22-14-6-4-3-5-11(14)8-17-15(20)10-18-9-12(19)7-13(18)16(21)23-2/h3-6,12-13,19H,7-10H2,1-2H3,(H,17,20)/t12-,13+/m1/s1. The second-order valence-electron chi connectivity index (χ2n) is 5.45. The molecular weight excluding hydrogens is 300 g/mol. The molecule has 1 aliphatic rings. The molecule has 1 amide bonds. The van der Waals surface area contributed by atoms with Crippen molar-refractivity contribution >= 4 is 11.9 Å². The summed E-state index contributed by atoms with van der Waals surface area (Å²) in [5, 5.41) is 12.5. The second-order valence-corrected chi connectivity index (χ2v) is 5.45. The number of amides is 1. The Morgan fingerprint density at radius 3 is 2.78 bits per heavy atom. The lowest BCUT2D eigenvalue weighted by Crippen LogP contribution is -2.43. The Hall–Kier alpha value is -2.12. The average Bonchev–Trinajstić information content (AvgIpc) is 2.92. The van der Waals surface area contributed by atoms with Crippen LogP contribution in [0.15, 0.2) is 24.3 Å². The summed E-state index contributed by atoms with van der Waals surface area (Å²) in [6, 6.07) is 6.85. The van der Waals surface area contributed by atoms with E-state index in [2.05, 4.69) is 5.32 Å². The normalized spacial score (nSPS) is 21.0. The maximum Gasteiger partial charge on any atom is 0.323 e. The van der Waals surface area contributed by atoms with E-state index < -0.39 is 18.1 Å². The number of nitrogens with zero attached hydrogens (tertiary/aromatic N) is 1. The van der Waals surface area contributed by atoms with E-state index in [0.717, 1.165) is 5.56 Å². The van der Waals surface area contributed by atoms with Crippen molar-refractivity contribution in [2.75, 3.05) is 27.3 Å². The number of methoxy groups -OCH3 is 2. The molecule has 0 unspecified atom stereocenters. The molecule has 0 aromatic heterocycles. The Morgan fingerprint density at radius 2 is 2.09 bits per heavy atom. The van der Waals surface area contributed by atoms with Crippen LogP contribution in [0.2, 0.25) is 0 Å². The molecule has 1 aromatic carbocycles. The van der Waals surface area contributed by atoms with E-state index >= 15 is 0 Å². The van der Waals surface area contributed by atoms with Crippen LogP contribution >= 0.6 is 0 Å². The zero-order valence-electron chi connectivity index (χ0n) is 13.3. The van der Waals surface area contributed by atoms with Gasteiger partial charge in [-0.05, 0) is 6.07 Å². The van der Waals surface area contributed by atoms with E-state index in [1.165, 1.54) is 7.11 Å². The van der Waals surface area contributed by atoms with Crippen LogP contribution in [0.4, 0.5) is 0 Å². The summed E-state index contributed by atoms with van der Waals surface area (Å²) in [6.45, 7) is 0.649. The zero-order chi connectivity index (χ0) is 16.8. The highest BCUT2D eigenvalue weighted by atomic mass is 16.5. The molecule has 1 aromatic rings. The molecule has 0 aliphatic carbocycles. The number of hydrogen-bond donors (Lipinski definition) is 2. The highest BCUT2D eigenvalue weighted by molar-refractivity contribution is 5.81. The molecule has 7 nitrogen and oxygen atoms in total. The number of carbonyl (C=O) groups excluding carboxylic acids is 2. The minimum absolute atomic E-state index is 0.0337. The van der Waals surface area contributed by atoms with Gasteiger partial charge in [-0.1, -0.05) is 18.2 Å². The lowest BCUT2D eigenvalue weighted by molar-refractivity contribution is -0.146. The predicted octanol–water partition coefficient (Wildman–Crippen LogP) is -0.0804. The van der Waals surface area contributed by atoms with Gasteiger partial charge < -0.3 is 19.9 Å². The van der Waals surface area contributed by atoms with Gasteiger partial charge in [-0.25, -0.2) is 0 Å². The Labute approximate surface area is 135 Å². The Morgan fingerprint density at radius 1 is 1.35 bits per heavy atom. The van der Waals surface area contributed by atoms with Crippen LogP contribution in [0.3, 0.4) is 0 Å². The molecule has 23 heavy (non-hydrogen) atoms. The van der Waals surface area contributed by atoms with Crippen molar-refractivity contribution in [3.63, 3.8) is 0 Å². The van der Waals surface area contributed by atoms with Crippen LogP contribution in [0, 0.1) is 0 Å². The SMILES string of the molecule is COC(=O)[C@@H]1C[C@@H](O)CN1CC(=O)NCc1ccccc1OC. The lowest BCUT2D eigenvalue weighted by Gasteiger charge is -2.21. The second kappa shape index (κ2) is 7.94. The third-order valence-corrected chi connectivity index (χ3v) is 3.87. The summed E-state index contributed by atoms with van der Waals surface area (Å²) in [5.74, 6) is 0.0508. The fourth-order valence-electron chi connectivity index (χ4n) is 2.72. The fourth-order valence-corrected chi connectivity index (χ4v) is 2.72. The van der Waals surface area contributed by atoms with Crippen LogP contribution in [0.5, 0.6) is 5.75 Å². The van der Waals surface area contributed by atoms with Crippen molar-refractivity contribution in [1.82, 2.24) is 10.2 Å². The van der Waals surface area contributed by atoms with Gasteiger partial charge in [-0.3, -0.25) is 14.5 Å². The van der Waals surface area contributed by atoms with Gasteiger partial charge >= 0.3 is 5.97 Å². The first-order chi connectivity index (χ1) is 11.0. The smallest absolute Gasteiger partial charge is 0.323 e. The number of aliphatic hydroxyl groups excluding tert-OH is 1. The van der Waals surface area contributed by atoms with Crippen LogP contribution in [0.1, 0.15) is 12.0 Å². The Kier molecular flexibility index (Phi) is 5.95. The molecule has 0 radical (unpaired) electrons. The van der Waals surface area contributed by atoms with Gasteiger partial charge in [0.05, 0.1) is 26.9 Å². The van der Waals surface area contributed by atoms with Crippen molar-refractivity contribution < 1.29 is 24.2 Å². The van der Waals surface area contributed by atoms with E-state index in [9.17, 15) is 14.7 Å². The average molecular weight is 322 g/mol. The highest BCUT2D eigenvalue weighted by Crippen LogP contribution is 2.19. The summed E-state index contributed by atoms with van der Waals surface area (Å²) in [7, 11) is 2.88. The van der Waals surface area contributed by atoms with E-state index in [0.29, 0.717) is 12.3 Å². The summed E-state index contributed by atoms with van der Waals surface area (Å²) < 4.78 is 9.95. The maximum atomic E-state index is 12.1. The number of para-hydroxylation sites is 1. The molecule has 7 heteroatoms. The molecule has 2 atom stereocenters. The number of ether oxygens (including phenoxy) is 2. The number of likely N-dealkylation sites (tertiary alicyclic amines) is 1. The quantitative estimate of drug-likeness (QED) is 0.712. The fraction of sp³-hybridized carbons (Fsp3) is 0.500. The number of hydrogen-bond acceptors (Lipinski definition) is 6. The molecule has 1 saturated heterocycles. The first kappa shape index (κ1) is 17.2. The van der Waals surface area contributed by atoms with Gasteiger partial charge in [0.2, 0.25) is 5.91 Å². The first-order valence-electron chi connectivity index (χ1n) is 7.43. The number of β-amino-alcohol motifs (C(OH)–C–C–N with tert-alkyl or cyclic N) is 1. The molecule has 0 saturated carbocycles. The Bertz CT molecular complexity index is 563. The minimum Gasteiger partial charge on any atom is -0.496 e. The van der Waals surface area contributed by atoms with E-state index in [-0.39, 0.29) is 25.4 Å². The molecule has 0 spiro atoms. The first-order valence-corrected chi connectivity index (χ1v) is 7.43. The van der Waals surface area contributed by atoms with Crippen molar-refractivity contribution in [2.45, 2.75) is 25.1 Å². The van der Waals surface area contributed by atoms with Gasteiger partial charge in [-0.15, -0.1) is 0 Å². The third kappa shape index (κ3) is 4.43. The molecule has 2 N–H and O–H groups in total. The van der Waals surface area contributed by atoms with Gasteiger partial charge in [-0.2, -0.15) is 0 Å². The van der Waals surface area contributed by atoms with Gasteiger partial charge in [0.25, 0.3) is 0 Å². The summed E-state index contributed by atoms with van der Waals surface area (Å²) in [5.41, 5.74) is 0.870. The molecule has 2 rings (SSSR count). The van der Waals surface area contributed by atoms with Crippen molar-refractivity contribution in [3.8, 4) is 5.75 Å². The number of nitrogens with one attached hydrogen (secondary N) is 1. The highest BCUT2D eigenvalue weighted by Gasteiger charge is 2.37. The largest absolute Gasteiger partial charge is 0.496 e. The third-order valence-electron chi connectivity index (χ3n) is 3.87. The number of aliphatic hydroxyl groups is 1. The number of carbonyl (C=O) groups is 2. The van der Waals surface area contributed by atoms with Crippen LogP contribution in [-0.4, -0.2) is 61.3 Å². The topological polar surface area (TPSA) is 88.1 Å². The summed E-state index contributed by atoms with van der Waals surface area (Å²) in [6.07, 6.45) is -0.340. The van der Waals surface area contributed by atoms with Crippen molar-refractivity contribution in [1.29, 1.82) is 0 Å². The van der Waals surface area contributed by atoms with Crippen molar-refractivity contribution in [2.24, 2.45) is 0 Å². The molecule has 0 bridgehead atoms. The van der Waals surface area contributed by atoms with Gasteiger partial charge in [0, 0.05) is 25.1 Å². The minimum atomic E-state index is -0.624. The molecule has 1 fully saturated rings. The Balaban J connectivity index is 1.90. The van der Waals surface area contributed by atoms with Crippen molar-refractivity contribution in [3.05, 3.63) is 29.8 Å². The van der Waals surface area contributed by atoms with Crippen LogP contribution in [-0.2, 0) is 20.9 Å². The molecule has 1 aliphatic heterocycles. The van der Waals surface area contributed by atoms with E-state index in [4.69, 9.17) is 9.47 Å². The maximum absolute atomic E-state index is 12.1. The van der Waals surface area contributed by atoms with Crippen LogP contribution in [0.25, 0.3) is 0 Å². The monoisotopic (exact) mass is 322 g/mol. The number of esters is 1.